The van der Waals surface area contributed by atoms with E-state index in [1.165, 1.54) is 11.8 Å². The summed E-state index contributed by atoms with van der Waals surface area (Å²) in [5, 5.41) is 12.2. The van der Waals surface area contributed by atoms with Gasteiger partial charge in [0.25, 0.3) is 0 Å². The minimum Gasteiger partial charge on any atom is -0.480 e. The summed E-state index contributed by atoms with van der Waals surface area (Å²) in [5.74, 6) is -1.05. The Morgan fingerprint density at radius 3 is 2.84 bits per heavy atom. The highest BCUT2D eigenvalue weighted by Crippen LogP contribution is 2.30. The van der Waals surface area contributed by atoms with E-state index in [1.807, 2.05) is 30.5 Å². The van der Waals surface area contributed by atoms with Gasteiger partial charge in [-0.3, -0.25) is 14.5 Å². The van der Waals surface area contributed by atoms with Gasteiger partial charge >= 0.3 is 5.97 Å². The molecule has 1 aromatic rings. The predicted molar refractivity (Wildman–Crippen MR) is 73.2 cm³/mol. The third kappa shape index (κ3) is 3.08. The molecule has 6 heteroatoms. The van der Waals surface area contributed by atoms with Crippen molar-refractivity contribution in [2.75, 3.05) is 25.9 Å². The van der Waals surface area contributed by atoms with E-state index in [0.717, 1.165) is 10.5 Å². The Balaban J connectivity index is 2.34. The van der Waals surface area contributed by atoms with E-state index < -0.39 is 12.0 Å². The Morgan fingerprint density at radius 2 is 2.21 bits per heavy atom. The third-order valence-corrected chi connectivity index (χ3v) is 3.91. The van der Waals surface area contributed by atoms with E-state index in [9.17, 15) is 14.7 Å². The second-order valence-electron chi connectivity index (χ2n) is 4.30. The second kappa shape index (κ2) is 6.08. The van der Waals surface area contributed by atoms with E-state index in [4.69, 9.17) is 0 Å². The number of carboxylic acid groups (broad SMARTS) is 1. The van der Waals surface area contributed by atoms with Gasteiger partial charge in [0.2, 0.25) is 5.91 Å². The van der Waals surface area contributed by atoms with Crippen LogP contribution in [-0.4, -0.2) is 47.8 Å². The second-order valence-corrected chi connectivity index (χ2v) is 5.15. The van der Waals surface area contributed by atoms with Crippen molar-refractivity contribution in [1.82, 2.24) is 10.2 Å². The van der Waals surface area contributed by atoms with E-state index in [1.54, 1.807) is 4.90 Å². The monoisotopic (exact) mass is 280 g/mol. The van der Waals surface area contributed by atoms with Gasteiger partial charge in [0, 0.05) is 18.0 Å². The van der Waals surface area contributed by atoms with Crippen LogP contribution in [0.4, 0.5) is 0 Å². The van der Waals surface area contributed by atoms with Gasteiger partial charge in [0.05, 0.1) is 6.54 Å². The number of aliphatic carboxylic acids is 1. The van der Waals surface area contributed by atoms with E-state index in [0.29, 0.717) is 13.1 Å². The van der Waals surface area contributed by atoms with Crippen molar-refractivity contribution < 1.29 is 14.7 Å². The van der Waals surface area contributed by atoms with Crippen LogP contribution in [0.1, 0.15) is 11.6 Å². The summed E-state index contributed by atoms with van der Waals surface area (Å²) in [6, 6.07) is 6.66. The first-order chi connectivity index (χ1) is 9.13. The number of benzene rings is 1. The fourth-order valence-corrected chi connectivity index (χ4v) is 2.89. The van der Waals surface area contributed by atoms with Crippen LogP contribution in [0.5, 0.6) is 0 Å². The normalized spacial score (nSPS) is 17.8. The van der Waals surface area contributed by atoms with Crippen LogP contribution >= 0.6 is 11.8 Å². The molecule has 0 spiro atoms. The molecular weight excluding hydrogens is 264 g/mol. The standard InChI is InChI=1S/C13H16N2O3S/c1-19-10-5-3-2-4-9(10)12(13(17)18)15-7-6-14-11(16)8-15/h2-5,12H,6-8H2,1H3,(H,14,16)(H,17,18)/t12-/m1/s1. The average molecular weight is 280 g/mol. The molecule has 1 heterocycles. The molecule has 1 amide bonds. The number of piperazine rings is 1. The fourth-order valence-electron chi connectivity index (χ4n) is 2.26. The van der Waals surface area contributed by atoms with Crippen molar-refractivity contribution in [1.29, 1.82) is 0 Å². The SMILES string of the molecule is CSc1ccccc1[C@H](C(=O)O)N1CCNC(=O)C1. The zero-order chi connectivity index (χ0) is 13.8. The van der Waals surface area contributed by atoms with Crippen LogP contribution < -0.4 is 5.32 Å². The Labute approximate surface area is 116 Å². The van der Waals surface area contributed by atoms with E-state index in [2.05, 4.69) is 5.32 Å². The summed E-state index contributed by atoms with van der Waals surface area (Å²) < 4.78 is 0. The van der Waals surface area contributed by atoms with Gasteiger partial charge in [-0.25, -0.2) is 0 Å². The molecule has 2 rings (SSSR count). The van der Waals surface area contributed by atoms with Crippen molar-refractivity contribution in [3.8, 4) is 0 Å². The first kappa shape index (κ1) is 13.9. The number of carbonyl (C=O) groups excluding carboxylic acids is 1. The molecule has 2 N–H and O–H groups in total. The molecule has 0 bridgehead atoms. The first-order valence-corrected chi connectivity index (χ1v) is 7.22. The molecule has 0 unspecified atom stereocenters. The molecule has 102 valence electrons. The molecule has 1 saturated heterocycles. The minimum absolute atomic E-state index is 0.125. The number of carbonyl (C=O) groups is 2. The summed E-state index contributed by atoms with van der Waals surface area (Å²) in [7, 11) is 0. The number of rotatable bonds is 4. The van der Waals surface area contributed by atoms with Crippen molar-refractivity contribution in [3.05, 3.63) is 29.8 Å². The highest BCUT2D eigenvalue weighted by atomic mass is 32.2. The maximum Gasteiger partial charge on any atom is 0.325 e. The van der Waals surface area contributed by atoms with Gasteiger partial charge in [-0.2, -0.15) is 0 Å². The van der Waals surface area contributed by atoms with Crippen LogP contribution in [0.3, 0.4) is 0 Å². The molecule has 0 aliphatic carbocycles. The smallest absolute Gasteiger partial charge is 0.325 e. The van der Waals surface area contributed by atoms with Crippen LogP contribution in [0.2, 0.25) is 0 Å². The Morgan fingerprint density at radius 1 is 1.47 bits per heavy atom. The zero-order valence-electron chi connectivity index (χ0n) is 10.6. The van der Waals surface area contributed by atoms with Gasteiger partial charge in [0.1, 0.15) is 6.04 Å². The zero-order valence-corrected chi connectivity index (χ0v) is 11.4. The number of amides is 1. The molecule has 0 saturated carbocycles. The van der Waals surface area contributed by atoms with Gasteiger partial charge in [0.15, 0.2) is 0 Å². The lowest BCUT2D eigenvalue weighted by atomic mass is 10.0. The lowest BCUT2D eigenvalue weighted by Crippen LogP contribution is -2.50. The molecule has 1 fully saturated rings. The average Bonchev–Trinajstić information content (AvgIpc) is 2.39. The van der Waals surface area contributed by atoms with Crippen molar-refractivity contribution in [2.45, 2.75) is 10.9 Å². The summed E-state index contributed by atoms with van der Waals surface area (Å²) in [6.45, 7) is 1.16. The van der Waals surface area contributed by atoms with Gasteiger partial charge < -0.3 is 10.4 Å². The van der Waals surface area contributed by atoms with Crippen LogP contribution in [0.25, 0.3) is 0 Å². The molecule has 0 radical (unpaired) electrons. The first-order valence-electron chi connectivity index (χ1n) is 6.00. The lowest BCUT2D eigenvalue weighted by Gasteiger charge is -2.32. The van der Waals surface area contributed by atoms with Crippen LogP contribution in [0, 0.1) is 0 Å². The van der Waals surface area contributed by atoms with E-state index in [-0.39, 0.29) is 12.5 Å². The summed E-state index contributed by atoms with van der Waals surface area (Å²) >= 11 is 1.52. The largest absolute Gasteiger partial charge is 0.480 e. The molecule has 0 aromatic heterocycles. The van der Waals surface area contributed by atoms with Gasteiger partial charge in [-0.1, -0.05) is 18.2 Å². The molecule has 19 heavy (non-hydrogen) atoms. The van der Waals surface area contributed by atoms with Crippen molar-refractivity contribution >= 4 is 23.6 Å². The summed E-state index contributed by atoms with van der Waals surface area (Å²) in [6.07, 6.45) is 1.92. The fraction of sp³-hybridized carbons (Fsp3) is 0.385. The Hall–Kier alpha value is -1.53. The Kier molecular flexibility index (Phi) is 4.44. The number of nitrogens with one attached hydrogen (secondary N) is 1. The number of thioether (sulfide) groups is 1. The minimum atomic E-state index is -0.920. The number of nitrogens with zero attached hydrogens (tertiary/aromatic N) is 1. The maximum absolute atomic E-state index is 11.6. The molecular formula is C13H16N2O3S. The molecule has 1 atom stereocenters. The van der Waals surface area contributed by atoms with E-state index >= 15 is 0 Å². The molecule has 5 nitrogen and oxygen atoms in total. The highest BCUT2D eigenvalue weighted by Gasteiger charge is 2.32. The number of hydrogen-bond acceptors (Lipinski definition) is 4. The highest BCUT2D eigenvalue weighted by molar-refractivity contribution is 7.98. The lowest BCUT2D eigenvalue weighted by molar-refractivity contribution is -0.145. The topological polar surface area (TPSA) is 69.6 Å². The molecule has 1 aliphatic heterocycles. The van der Waals surface area contributed by atoms with Gasteiger partial charge in [-0.15, -0.1) is 11.8 Å². The molecule has 1 aromatic carbocycles. The van der Waals surface area contributed by atoms with Crippen LogP contribution in [-0.2, 0) is 9.59 Å². The predicted octanol–water partition coefficient (Wildman–Crippen LogP) is 0.966. The number of hydrogen-bond donors (Lipinski definition) is 2. The van der Waals surface area contributed by atoms with Gasteiger partial charge in [-0.05, 0) is 17.9 Å². The van der Waals surface area contributed by atoms with Crippen molar-refractivity contribution in [2.24, 2.45) is 0 Å². The Bertz CT molecular complexity index is 493. The summed E-state index contributed by atoms with van der Waals surface area (Å²) in [4.78, 5) is 25.7. The number of carboxylic acids is 1. The summed E-state index contributed by atoms with van der Waals surface area (Å²) in [5.41, 5.74) is 0.747. The maximum atomic E-state index is 11.6. The van der Waals surface area contributed by atoms with Crippen LogP contribution in [0.15, 0.2) is 29.2 Å². The van der Waals surface area contributed by atoms with Crippen molar-refractivity contribution in [3.63, 3.8) is 0 Å². The quantitative estimate of drug-likeness (QED) is 0.804. The molecule has 1 aliphatic rings. The third-order valence-electron chi connectivity index (χ3n) is 3.10.